The molecule has 1 atom stereocenters. The van der Waals surface area contributed by atoms with E-state index < -0.39 is 5.54 Å². The molecule has 0 radical (unpaired) electrons. The Hall–Kier alpha value is -2.26. The second-order valence-corrected chi connectivity index (χ2v) is 5.69. The van der Waals surface area contributed by atoms with E-state index in [-0.39, 0.29) is 5.82 Å². The monoisotopic (exact) mass is 278 g/mol. The zero-order valence-electron chi connectivity index (χ0n) is 11.5. The lowest BCUT2D eigenvalue weighted by Crippen LogP contribution is -2.35. The van der Waals surface area contributed by atoms with Crippen molar-refractivity contribution >= 4 is 10.9 Å². The van der Waals surface area contributed by atoms with Crippen molar-refractivity contribution in [3.8, 4) is 0 Å². The molecule has 3 heteroatoms. The maximum absolute atomic E-state index is 13.4. The molecule has 1 aromatic heterocycles. The molecule has 21 heavy (non-hydrogen) atoms. The van der Waals surface area contributed by atoms with Crippen molar-refractivity contribution in [1.82, 2.24) is 4.98 Å². The number of para-hydroxylation sites is 1. The summed E-state index contributed by atoms with van der Waals surface area (Å²) in [5, 5.41) is 1.08. The molecule has 0 saturated carbocycles. The summed E-state index contributed by atoms with van der Waals surface area (Å²) >= 11 is 0. The molecular formula is C18H15FN2. The summed E-state index contributed by atoms with van der Waals surface area (Å²) < 4.78 is 13.4. The summed E-state index contributed by atoms with van der Waals surface area (Å²) in [5.41, 5.74) is 10.1. The Labute approximate surface area is 122 Å². The second-order valence-electron chi connectivity index (χ2n) is 5.69. The summed E-state index contributed by atoms with van der Waals surface area (Å²) in [6.07, 6.45) is 3.43. The fourth-order valence-corrected chi connectivity index (χ4v) is 3.29. The number of halogens is 1. The first-order valence-corrected chi connectivity index (χ1v) is 7.10. The molecule has 0 amide bonds. The molecule has 2 N–H and O–H groups in total. The number of aromatic nitrogens is 1. The van der Waals surface area contributed by atoms with E-state index >= 15 is 0 Å². The van der Waals surface area contributed by atoms with Gasteiger partial charge in [-0.2, -0.15) is 0 Å². The average Bonchev–Trinajstić information content (AvgIpc) is 2.84. The Balaban J connectivity index is 1.89. The summed E-state index contributed by atoms with van der Waals surface area (Å²) in [4.78, 5) is 4.51. The maximum Gasteiger partial charge on any atom is 0.123 e. The third kappa shape index (κ3) is 1.85. The van der Waals surface area contributed by atoms with Gasteiger partial charge in [-0.25, -0.2) is 4.39 Å². The number of aryl methyl sites for hydroxylation is 1. The SMILES string of the molecule is NC1(c2cnc3ccccc3c2)CCc2cc(F)ccc21. The molecule has 0 saturated heterocycles. The van der Waals surface area contributed by atoms with Crippen LogP contribution in [0.15, 0.2) is 54.7 Å². The van der Waals surface area contributed by atoms with E-state index in [1.165, 1.54) is 6.07 Å². The molecule has 1 heterocycles. The van der Waals surface area contributed by atoms with Gasteiger partial charge in [-0.1, -0.05) is 24.3 Å². The lowest BCUT2D eigenvalue weighted by molar-refractivity contribution is 0.533. The van der Waals surface area contributed by atoms with Crippen LogP contribution in [0.5, 0.6) is 0 Å². The lowest BCUT2D eigenvalue weighted by atomic mass is 9.85. The van der Waals surface area contributed by atoms with Crippen LogP contribution in [0.4, 0.5) is 4.39 Å². The van der Waals surface area contributed by atoms with Gasteiger partial charge in [0, 0.05) is 11.6 Å². The van der Waals surface area contributed by atoms with Gasteiger partial charge in [-0.3, -0.25) is 4.98 Å². The number of benzene rings is 2. The number of fused-ring (bicyclic) bond motifs is 2. The van der Waals surface area contributed by atoms with Crippen LogP contribution in [-0.4, -0.2) is 4.98 Å². The number of rotatable bonds is 1. The highest BCUT2D eigenvalue weighted by Crippen LogP contribution is 2.40. The molecule has 3 aromatic rings. The van der Waals surface area contributed by atoms with Gasteiger partial charge in [-0.15, -0.1) is 0 Å². The van der Waals surface area contributed by atoms with Crippen LogP contribution in [0, 0.1) is 5.82 Å². The van der Waals surface area contributed by atoms with Crippen LogP contribution in [0.25, 0.3) is 10.9 Å². The smallest absolute Gasteiger partial charge is 0.123 e. The topological polar surface area (TPSA) is 38.9 Å². The summed E-state index contributed by atoms with van der Waals surface area (Å²) in [6, 6.07) is 15.0. The zero-order valence-corrected chi connectivity index (χ0v) is 11.5. The van der Waals surface area contributed by atoms with Gasteiger partial charge in [-0.05, 0) is 53.8 Å². The molecule has 0 fully saturated rings. The number of hydrogen-bond donors (Lipinski definition) is 1. The fraction of sp³-hybridized carbons (Fsp3) is 0.167. The van der Waals surface area contributed by atoms with Crippen molar-refractivity contribution in [2.24, 2.45) is 5.73 Å². The van der Waals surface area contributed by atoms with Crippen molar-refractivity contribution in [3.63, 3.8) is 0 Å². The van der Waals surface area contributed by atoms with Crippen LogP contribution >= 0.6 is 0 Å². The highest BCUT2D eigenvalue weighted by atomic mass is 19.1. The van der Waals surface area contributed by atoms with Gasteiger partial charge in [0.25, 0.3) is 0 Å². The van der Waals surface area contributed by atoms with E-state index in [1.54, 1.807) is 6.07 Å². The predicted octanol–water partition coefficient (Wildman–Crippen LogP) is 3.52. The van der Waals surface area contributed by atoms with Crippen LogP contribution in [-0.2, 0) is 12.0 Å². The third-order valence-corrected chi connectivity index (χ3v) is 4.44. The van der Waals surface area contributed by atoms with Gasteiger partial charge >= 0.3 is 0 Å². The number of hydrogen-bond acceptors (Lipinski definition) is 2. The molecule has 1 aliphatic carbocycles. The van der Waals surface area contributed by atoms with E-state index in [2.05, 4.69) is 11.1 Å². The first-order chi connectivity index (χ1) is 10.2. The van der Waals surface area contributed by atoms with Crippen molar-refractivity contribution in [2.75, 3.05) is 0 Å². The Morgan fingerprint density at radius 1 is 1.10 bits per heavy atom. The maximum atomic E-state index is 13.4. The molecule has 104 valence electrons. The predicted molar refractivity (Wildman–Crippen MR) is 81.4 cm³/mol. The first-order valence-electron chi connectivity index (χ1n) is 7.10. The summed E-state index contributed by atoms with van der Waals surface area (Å²) in [6.45, 7) is 0. The normalized spacial score (nSPS) is 20.7. The van der Waals surface area contributed by atoms with E-state index in [4.69, 9.17) is 5.73 Å². The number of pyridine rings is 1. The van der Waals surface area contributed by atoms with E-state index in [0.717, 1.165) is 40.4 Å². The minimum atomic E-state index is -0.569. The quantitative estimate of drug-likeness (QED) is 0.739. The third-order valence-electron chi connectivity index (χ3n) is 4.44. The van der Waals surface area contributed by atoms with Gasteiger partial charge in [0.2, 0.25) is 0 Å². The average molecular weight is 278 g/mol. The van der Waals surface area contributed by atoms with Crippen LogP contribution < -0.4 is 5.73 Å². The van der Waals surface area contributed by atoms with Crippen molar-refractivity contribution in [2.45, 2.75) is 18.4 Å². The second kappa shape index (κ2) is 4.37. The Bertz CT molecular complexity index is 843. The summed E-state index contributed by atoms with van der Waals surface area (Å²) in [5.74, 6) is -0.199. The van der Waals surface area contributed by atoms with Crippen LogP contribution in [0.1, 0.15) is 23.1 Å². The molecule has 0 bridgehead atoms. The number of nitrogens with two attached hydrogens (primary N) is 1. The van der Waals surface area contributed by atoms with Gasteiger partial charge in [0.05, 0.1) is 11.1 Å². The van der Waals surface area contributed by atoms with Gasteiger partial charge < -0.3 is 5.73 Å². The molecule has 0 aliphatic heterocycles. The highest BCUT2D eigenvalue weighted by molar-refractivity contribution is 5.79. The van der Waals surface area contributed by atoms with Crippen molar-refractivity contribution < 1.29 is 4.39 Å². The van der Waals surface area contributed by atoms with Gasteiger partial charge in [0.1, 0.15) is 5.82 Å². The number of nitrogens with zero attached hydrogens (tertiary/aromatic N) is 1. The molecule has 2 nitrogen and oxygen atoms in total. The minimum absolute atomic E-state index is 0.199. The largest absolute Gasteiger partial charge is 0.318 e. The highest BCUT2D eigenvalue weighted by Gasteiger charge is 2.37. The molecule has 1 aliphatic rings. The van der Waals surface area contributed by atoms with E-state index in [0.29, 0.717) is 0 Å². The van der Waals surface area contributed by atoms with E-state index in [1.807, 2.05) is 36.5 Å². The van der Waals surface area contributed by atoms with Gasteiger partial charge in [0.15, 0.2) is 0 Å². The standard InChI is InChI=1S/C18H15FN2/c19-15-5-6-16-12(10-15)7-8-18(16,20)14-9-13-3-1-2-4-17(13)21-11-14/h1-6,9-11H,7-8,20H2. The fourth-order valence-electron chi connectivity index (χ4n) is 3.29. The molecular weight excluding hydrogens is 263 g/mol. The Morgan fingerprint density at radius 3 is 2.86 bits per heavy atom. The molecule has 1 unspecified atom stereocenters. The first kappa shape index (κ1) is 12.5. The van der Waals surface area contributed by atoms with Crippen LogP contribution in [0.2, 0.25) is 0 Å². The van der Waals surface area contributed by atoms with E-state index in [9.17, 15) is 4.39 Å². The van der Waals surface area contributed by atoms with Crippen LogP contribution in [0.3, 0.4) is 0 Å². The molecule has 0 spiro atoms. The molecule has 2 aromatic carbocycles. The summed E-state index contributed by atoms with van der Waals surface area (Å²) in [7, 11) is 0. The van der Waals surface area contributed by atoms with Crippen molar-refractivity contribution in [1.29, 1.82) is 0 Å². The Morgan fingerprint density at radius 2 is 1.95 bits per heavy atom. The Kier molecular flexibility index (Phi) is 2.59. The zero-order chi connectivity index (χ0) is 14.4. The lowest BCUT2D eigenvalue weighted by Gasteiger charge is -2.26. The minimum Gasteiger partial charge on any atom is -0.318 e. The molecule has 4 rings (SSSR count). The van der Waals surface area contributed by atoms with Crippen molar-refractivity contribution in [3.05, 3.63) is 77.2 Å².